The van der Waals surface area contributed by atoms with Gasteiger partial charge in [-0.25, -0.2) is 17.8 Å². The van der Waals surface area contributed by atoms with Gasteiger partial charge in [-0.2, -0.15) is 14.7 Å². The molecule has 1 saturated heterocycles. The molecule has 2 aliphatic rings. The molecule has 0 unspecified atom stereocenters. The Morgan fingerprint density at radius 1 is 1.19 bits per heavy atom. The normalized spacial score (nSPS) is 17.3. The summed E-state index contributed by atoms with van der Waals surface area (Å²) in [7, 11) is -2.45. The summed E-state index contributed by atoms with van der Waals surface area (Å²) < 4.78 is 47.0. The Labute approximate surface area is 267 Å². The lowest BCUT2D eigenvalue weighted by atomic mass is 10.1. The Kier molecular flexibility index (Phi) is 6.99. The van der Waals surface area contributed by atoms with E-state index < -0.39 is 38.3 Å². The average Bonchev–Trinajstić information content (AvgIpc) is 3.29. The summed E-state index contributed by atoms with van der Waals surface area (Å²) >= 11 is 0. The number of halogens is 1. The van der Waals surface area contributed by atoms with E-state index in [-0.39, 0.29) is 34.0 Å². The van der Waals surface area contributed by atoms with Crippen LogP contribution in [0.1, 0.15) is 35.3 Å². The number of nitriles is 1. The third-order valence-electron chi connectivity index (χ3n) is 8.69. The second-order valence-corrected chi connectivity index (χ2v) is 13.7. The third kappa shape index (κ3) is 5.13. The van der Waals surface area contributed by atoms with E-state index in [1.54, 1.807) is 49.4 Å². The van der Waals surface area contributed by atoms with Crippen molar-refractivity contribution < 1.29 is 22.5 Å². The van der Waals surface area contributed by atoms with Crippen LogP contribution in [0.2, 0.25) is 0 Å². The van der Waals surface area contributed by atoms with Gasteiger partial charge in [-0.3, -0.25) is 19.6 Å². The molecule has 16 heteroatoms. The van der Waals surface area contributed by atoms with Gasteiger partial charge in [-0.15, -0.1) is 0 Å². The van der Waals surface area contributed by atoms with Crippen LogP contribution < -0.4 is 10.2 Å². The smallest absolute Gasteiger partial charge is 0.269 e. The van der Waals surface area contributed by atoms with Crippen LogP contribution in [0.15, 0.2) is 66.0 Å². The molecule has 1 amide bonds. The van der Waals surface area contributed by atoms with E-state index in [0.29, 0.717) is 42.4 Å². The SMILES string of the molecule is Cc1cn2cc(NC(=O)c3ccc(N4CC[C@@H](N(C5(C#N)CC5)S(=O)(=O)c5ccc([N+](=O)[O-])cc5)C4)c4cn(C)nc34)cc(F)c2n1. The number of aryl methyl sites for hydroxylation is 2. The van der Waals surface area contributed by atoms with Gasteiger partial charge < -0.3 is 14.6 Å². The highest BCUT2D eigenvalue weighted by Gasteiger charge is 2.57. The Balaban J connectivity index is 1.18. The lowest BCUT2D eigenvalue weighted by Gasteiger charge is -2.32. The molecule has 7 rings (SSSR count). The van der Waals surface area contributed by atoms with Gasteiger partial charge in [0.15, 0.2) is 11.5 Å². The second-order valence-electron chi connectivity index (χ2n) is 11.9. The van der Waals surface area contributed by atoms with Crippen molar-refractivity contribution in [3.05, 3.63) is 88.2 Å². The maximum atomic E-state index is 14.7. The first-order valence-corrected chi connectivity index (χ1v) is 16.2. The standard InChI is InChI=1S/C31H28FN9O5S/c1-19-14-39-15-20(13-26(32)29(39)34-19)35-30(42)24-7-8-27(25-17-37(2)36-28(24)25)38-12-9-22(16-38)40(31(18-33)10-11-31)47(45,46)23-5-3-21(4-6-23)41(43)44/h3-8,13-15,17,22H,9-12,16H2,1-2H3,(H,35,42)/t22-/m1/s1. The number of pyridine rings is 1. The predicted octanol–water partition coefficient (Wildman–Crippen LogP) is 4.15. The molecular weight excluding hydrogens is 629 g/mol. The first-order valence-electron chi connectivity index (χ1n) is 14.8. The van der Waals surface area contributed by atoms with Crippen molar-refractivity contribution in [1.29, 1.82) is 5.26 Å². The van der Waals surface area contributed by atoms with Crippen LogP contribution in [0, 0.1) is 34.2 Å². The Hall–Kier alpha value is -5.40. The molecule has 2 fully saturated rings. The van der Waals surface area contributed by atoms with Crippen molar-refractivity contribution in [1.82, 2.24) is 23.5 Å². The van der Waals surface area contributed by atoms with E-state index in [0.717, 1.165) is 17.8 Å². The van der Waals surface area contributed by atoms with Gasteiger partial charge in [-0.05, 0) is 50.5 Å². The molecule has 3 aromatic heterocycles. The number of anilines is 2. The number of hydrogen-bond acceptors (Lipinski definition) is 9. The molecule has 2 aromatic carbocycles. The Morgan fingerprint density at radius 3 is 2.62 bits per heavy atom. The molecule has 1 saturated carbocycles. The summed E-state index contributed by atoms with van der Waals surface area (Å²) in [6.45, 7) is 2.49. The molecule has 14 nitrogen and oxygen atoms in total. The number of nitrogens with zero attached hydrogens (tertiary/aromatic N) is 8. The van der Waals surface area contributed by atoms with Crippen LogP contribution in [-0.2, 0) is 17.1 Å². The Bertz CT molecular complexity index is 2250. The summed E-state index contributed by atoms with van der Waals surface area (Å²) in [6.07, 6.45) is 6.22. The number of rotatable bonds is 8. The van der Waals surface area contributed by atoms with Gasteiger partial charge in [0.05, 0.1) is 32.8 Å². The largest absolute Gasteiger partial charge is 0.369 e. The molecule has 4 heterocycles. The van der Waals surface area contributed by atoms with Gasteiger partial charge in [0.2, 0.25) is 10.0 Å². The molecule has 1 aliphatic heterocycles. The number of nitrogens with one attached hydrogen (secondary N) is 1. The zero-order chi connectivity index (χ0) is 33.2. The number of non-ortho nitro benzene ring substituents is 1. The van der Waals surface area contributed by atoms with E-state index in [9.17, 15) is 33.0 Å². The summed E-state index contributed by atoms with van der Waals surface area (Å²) in [6, 6.07) is 11.0. The lowest BCUT2D eigenvalue weighted by Crippen LogP contribution is -2.49. The second kappa shape index (κ2) is 10.9. The van der Waals surface area contributed by atoms with Crippen molar-refractivity contribution >= 4 is 49.5 Å². The fraction of sp³-hybridized carbons (Fsp3) is 0.290. The van der Waals surface area contributed by atoms with Gasteiger partial charge in [0, 0.05) is 74.0 Å². The molecule has 1 N–H and O–H groups in total. The minimum atomic E-state index is -4.18. The summed E-state index contributed by atoms with van der Waals surface area (Å²) in [5, 5.41) is 29.2. The van der Waals surface area contributed by atoms with Gasteiger partial charge in [0.1, 0.15) is 11.1 Å². The fourth-order valence-corrected chi connectivity index (χ4v) is 8.35. The van der Waals surface area contributed by atoms with Crippen LogP contribution in [-0.4, -0.2) is 67.4 Å². The van der Waals surface area contributed by atoms with Crippen LogP contribution in [0.5, 0.6) is 0 Å². The molecular formula is C31H28FN9O5S. The van der Waals surface area contributed by atoms with Crippen LogP contribution >= 0.6 is 0 Å². The monoisotopic (exact) mass is 657 g/mol. The molecule has 0 bridgehead atoms. The number of aromatic nitrogens is 4. The summed E-state index contributed by atoms with van der Waals surface area (Å²) in [5.41, 5.74) is 1.03. The van der Waals surface area contributed by atoms with Gasteiger partial charge in [0.25, 0.3) is 11.6 Å². The Morgan fingerprint density at radius 2 is 1.94 bits per heavy atom. The molecule has 240 valence electrons. The highest BCUT2D eigenvalue weighted by atomic mass is 32.2. The predicted molar refractivity (Wildman–Crippen MR) is 169 cm³/mol. The van der Waals surface area contributed by atoms with Crippen molar-refractivity contribution in [2.45, 2.75) is 42.7 Å². The highest BCUT2D eigenvalue weighted by Crippen LogP contribution is 2.47. The van der Waals surface area contributed by atoms with Gasteiger partial charge in [-0.1, -0.05) is 0 Å². The molecule has 47 heavy (non-hydrogen) atoms. The number of nitro groups is 1. The topological polar surface area (TPSA) is 172 Å². The van der Waals surface area contributed by atoms with Crippen molar-refractivity contribution in [3.8, 4) is 6.07 Å². The average molecular weight is 658 g/mol. The first-order chi connectivity index (χ1) is 22.4. The van der Waals surface area contributed by atoms with E-state index in [1.165, 1.54) is 26.9 Å². The number of amides is 1. The van der Waals surface area contributed by atoms with E-state index in [1.807, 2.05) is 4.90 Å². The molecule has 0 spiro atoms. The zero-order valence-corrected chi connectivity index (χ0v) is 26.1. The lowest BCUT2D eigenvalue weighted by molar-refractivity contribution is -0.384. The minimum Gasteiger partial charge on any atom is -0.369 e. The van der Waals surface area contributed by atoms with E-state index >= 15 is 0 Å². The quantitative estimate of drug-likeness (QED) is 0.190. The maximum Gasteiger partial charge on any atom is 0.269 e. The maximum absolute atomic E-state index is 14.7. The molecule has 1 atom stereocenters. The highest BCUT2D eigenvalue weighted by molar-refractivity contribution is 7.89. The van der Waals surface area contributed by atoms with Crippen molar-refractivity contribution in [2.24, 2.45) is 7.05 Å². The number of nitro benzene ring substituents is 1. The van der Waals surface area contributed by atoms with Crippen LogP contribution in [0.25, 0.3) is 16.6 Å². The van der Waals surface area contributed by atoms with E-state index in [4.69, 9.17) is 0 Å². The first kappa shape index (κ1) is 30.3. The van der Waals surface area contributed by atoms with Gasteiger partial charge >= 0.3 is 0 Å². The molecule has 5 aromatic rings. The third-order valence-corrected chi connectivity index (χ3v) is 10.7. The number of imidazole rings is 1. The summed E-state index contributed by atoms with van der Waals surface area (Å²) in [5.74, 6) is -1.06. The number of benzene rings is 2. The number of fused-ring (bicyclic) bond motifs is 2. The minimum absolute atomic E-state index is 0.115. The van der Waals surface area contributed by atoms with Crippen molar-refractivity contribution in [2.75, 3.05) is 23.3 Å². The molecule has 0 radical (unpaired) electrons. The van der Waals surface area contributed by atoms with E-state index in [2.05, 4.69) is 21.5 Å². The van der Waals surface area contributed by atoms with Crippen molar-refractivity contribution in [3.63, 3.8) is 0 Å². The van der Waals surface area contributed by atoms with Crippen LogP contribution in [0.4, 0.5) is 21.5 Å². The van der Waals surface area contributed by atoms with Crippen LogP contribution in [0.3, 0.4) is 0 Å². The zero-order valence-electron chi connectivity index (χ0n) is 25.3. The number of hydrogen-bond donors (Lipinski definition) is 1. The number of carbonyl (C=O) groups excluding carboxylic acids is 1. The summed E-state index contributed by atoms with van der Waals surface area (Å²) in [4.78, 5) is 30.0. The number of carbonyl (C=O) groups is 1. The fourth-order valence-electron chi connectivity index (χ4n) is 6.39. The molecule has 1 aliphatic carbocycles. The number of sulfonamides is 1.